The zero-order valence-electron chi connectivity index (χ0n) is 23.4. The molecule has 1 N–H and O–H groups in total. The highest BCUT2D eigenvalue weighted by Crippen LogP contribution is 2.44. The molecular formula is C33H31N5O2S. The van der Waals surface area contributed by atoms with Crippen molar-refractivity contribution >= 4 is 23.0 Å². The summed E-state index contributed by atoms with van der Waals surface area (Å²) in [6.07, 6.45) is 3.68. The summed E-state index contributed by atoms with van der Waals surface area (Å²) in [7, 11) is 1.65. The van der Waals surface area contributed by atoms with Crippen LogP contribution < -0.4 is 19.7 Å². The highest BCUT2D eigenvalue weighted by molar-refractivity contribution is 7.80. The van der Waals surface area contributed by atoms with Crippen LogP contribution in [0, 0.1) is 20.8 Å². The molecule has 8 heteroatoms. The summed E-state index contributed by atoms with van der Waals surface area (Å²) < 4.78 is 13.5. The molecule has 41 heavy (non-hydrogen) atoms. The SMILES string of the molecule is COc1ccc(Oc2ccc(N3C(=S)NC(c4ccccn4)C3c3cc(C)n(-c4cc(C)ccn4)c3C)cc2)cc1. The topological polar surface area (TPSA) is 64.4 Å². The third-order valence-corrected chi connectivity index (χ3v) is 7.74. The Kier molecular flexibility index (Phi) is 7.15. The monoisotopic (exact) mass is 561 g/mol. The number of hydrogen-bond acceptors (Lipinski definition) is 5. The third kappa shape index (κ3) is 5.14. The molecule has 7 nitrogen and oxygen atoms in total. The number of aryl methyl sites for hydroxylation is 2. The summed E-state index contributed by atoms with van der Waals surface area (Å²) in [6, 6.07) is 27.6. The van der Waals surface area contributed by atoms with Crippen molar-refractivity contribution in [1.82, 2.24) is 19.9 Å². The standard InChI is InChI=1S/C33H31N5O2S/c1-21-16-18-35-30(19-21)37-22(2)20-28(23(37)3)32-31(29-7-5-6-17-34-29)36-33(41)38(32)24-8-10-26(11-9-24)40-27-14-12-25(39-4)13-15-27/h5-20,31-32H,1-4H3,(H,36,41). The lowest BCUT2D eigenvalue weighted by Crippen LogP contribution is -2.29. The highest BCUT2D eigenvalue weighted by atomic mass is 32.1. The molecule has 4 heterocycles. The van der Waals surface area contributed by atoms with Crippen molar-refractivity contribution in [2.45, 2.75) is 32.9 Å². The van der Waals surface area contributed by atoms with Crippen LogP contribution in [-0.4, -0.2) is 26.8 Å². The van der Waals surface area contributed by atoms with Crippen LogP contribution in [-0.2, 0) is 0 Å². The van der Waals surface area contributed by atoms with Crippen molar-refractivity contribution in [2.75, 3.05) is 12.0 Å². The molecule has 0 spiro atoms. The summed E-state index contributed by atoms with van der Waals surface area (Å²) in [5.41, 5.74) is 6.44. The van der Waals surface area contributed by atoms with E-state index in [2.05, 4.69) is 52.7 Å². The smallest absolute Gasteiger partial charge is 0.174 e. The van der Waals surface area contributed by atoms with Crippen LogP contribution in [0.2, 0.25) is 0 Å². The predicted molar refractivity (Wildman–Crippen MR) is 165 cm³/mol. The number of rotatable bonds is 7. The number of nitrogens with one attached hydrogen (secondary N) is 1. The molecule has 0 bridgehead atoms. The van der Waals surface area contributed by atoms with Gasteiger partial charge in [-0.05, 0) is 123 Å². The second-order valence-corrected chi connectivity index (χ2v) is 10.5. The normalized spacial score (nSPS) is 16.5. The van der Waals surface area contributed by atoms with Gasteiger partial charge in [0.15, 0.2) is 5.11 Å². The van der Waals surface area contributed by atoms with Gasteiger partial charge in [0.2, 0.25) is 0 Å². The number of anilines is 1. The summed E-state index contributed by atoms with van der Waals surface area (Å²) in [5.74, 6) is 3.16. The molecule has 6 rings (SSSR count). The Balaban J connectivity index is 1.39. The Morgan fingerprint density at radius 2 is 1.51 bits per heavy atom. The molecule has 3 aromatic heterocycles. The molecule has 5 aromatic rings. The highest BCUT2D eigenvalue weighted by Gasteiger charge is 2.42. The molecule has 1 saturated heterocycles. The third-order valence-electron chi connectivity index (χ3n) is 7.43. The zero-order valence-corrected chi connectivity index (χ0v) is 24.2. The van der Waals surface area contributed by atoms with E-state index < -0.39 is 0 Å². The van der Waals surface area contributed by atoms with Crippen LogP contribution in [0.5, 0.6) is 17.2 Å². The summed E-state index contributed by atoms with van der Waals surface area (Å²) in [4.78, 5) is 11.6. The molecule has 1 aliphatic heterocycles. The first-order valence-electron chi connectivity index (χ1n) is 13.5. The summed E-state index contributed by atoms with van der Waals surface area (Å²) in [5, 5.41) is 4.21. The van der Waals surface area contributed by atoms with Gasteiger partial charge in [-0.3, -0.25) is 4.98 Å². The molecule has 0 amide bonds. The van der Waals surface area contributed by atoms with E-state index in [1.165, 1.54) is 0 Å². The summed E-state index contributed by atoms with van der Waals surface area (Å²) >= 11 is 5.96. The largest absolute Gasteiger partial charge is 0.497 e. The molecule has 206 valence electrons. The van der Waals surface area contributed by atoms with Gasteiger partial charge in [0, 0.05) is 29.5 Å². The fourth-order valence-corrected chi connectivity index (χ4v) is 5.83. The van der Waals surface area contributed by atoms with Gasteiger partial charge in [0.1, 0.15) is 23.1 Å². The first-order chi connectivity index (χ1) is 19.9. The zero-order chi connectivity index (χ0) is 28.5. The van der Waals surface area contributed by atoms with E-state index >= 15 is 0 Å². The van der Waals surface area contributed by atoms with Crippen LogP contribution in [0.1, 0.15) is 40.3 Å². The second kappa shape index (κ2) is 11.1. The number of pyridine rings is 2. The van der Waals surface area contributed by atoms with Gasteiger partial charge in [0.05, 0.1) is 24.9 Å². The number of aromatic nitrogens is 3. The van der Waals surface area contributed by atoms with Gasteiger partial charge in [0.25, 0.3) is 0 Å². The van der Waals surface area contributed by atoms with E-state index in [4.69, 9.17) is 26.7 Å². The number of thiocarbonyl (C=S) groups is 1. The Hall–Kier alpha value is -4.69. The van der Waals surface area contributed by atoms with E-state index in [0.29, 0.717) is 5.11 Å². The summed E-state index contributed by atoms with van der Waals surface area (Å²) in [6.45, 7) is 6.35. The lowest BCUT2D eigenvalue weighted by molar-refractivity contribution is 0.413. The molecule has 2 atom stereocenters. The van der Waals surface area contributed by atoms with Gasteiger partial charge < -0.3 is 24.3 Å². The molecular weight excluding hydrogens is 530 g/mol. The Morgan fingerprint density at radius 3 is 2.17 bits per heavy atom. The second-order valence-electron chi connectivity index (χ2n) is 10.1. The van der Waals surface area contributed by atoms with Crippen LogP contribution in [0.25, 0.3) is 5.82 Å². The van der Waals surface area contributed by atoms with E-state index in [0.717, 1.165) is 57.0 Å². The quantitative estimate of drug-likeness (QED) is 0.211. The fraction of sp³-hybridized carbons (Fsp3) is 0.182. The first kappa shape index (κ1) is 26.5. The van der Waals surface area contributed by atoms with Crippen molar-refractivity contribution in [3.8, 4) is 23.1 Å². The van der Waals surface area contributed by atoms with Gasteiger partial charge >= 0.3 is 0 Å². The Labute approximate surface area is 245 Å². The van der Waals surface area contributed by atoms with Gasteiger partial charge in [-0.1, -0.05) is 6.07 Å². The number of hydrogen-bond donors (Lipinski definition) is 1. The lowest BCUT2D eigenvalue weighted by Gasteiger charge is -2.28. The minimum atomic E-state index is -0.140. The van der Waals surface area contributed by atoms with Crippen LogP contribution in [0.15, 0.2) is 97.3 Å². The van der Waals surface area contributed by atoms with Gasteiger partial charge in [-0.2, -0.15) is 0 Å². The number of benzene rings is 2. The minimum absolute atomic E-state index is 0.129. The van der Waals surface area contributed by atoms with E-state index in [-0.39, 0.29) is 12.1 Å². The molecule has 2 unspecified atom stereocenters. The fourth-order valence-electron chi connectivity index (χ4n) is 5.49. The number of ether oxygens (including phenoxy) is 2. The van der Waals surface area contributed by atoms with Crippen LogP contribution in [0.4, 0.5) is 5.69 Å². The van der Waals surface area contributed by atoms with Crippen molar-refractivity contribution in [1.29, 1.82) is 0 Å². The Bertz CT molecular complexity index is 1680. The average molecular weight is 562 g/mol. The predicted octanol–water partition coefficient (Wildman–Crippen LogP) is 7.17. The van der Waals surface area contributed by atoms with Crippen molar-refractivity contribution in [2.24, 2.45) is 0 Å². The number of nitrogens with zero attached hydrogens (tertiary/aromatic N) is 4. The van der Waals surface area contributed by atoms with Crippen molar-refractivity contribution < 1.29 is 9.47 Å². The van der Waals surface area contributed by atoms with E-state index in [1.807, 2.05) is 85.2 Å². The van der Waals surface area contributed by atoms with Crippen LogP contribution >= 0.6 is 12.2 Å². The molecule has 0 aliphatic carbocycles. The molecule has 1 aliphatic rings. The maximum Gasteiger partial charge on any atom is 0.174 e. The minimum Gasteiger partial charge on any atom is -0.497 e. The van der Waals surface area contributed by atoms with Gasteiger partial charge in [-0.15, -0.1) is 0 Å². The molecule has 2 aromatic carbocycles. The average Bonchev–Trinajstić information content (AvgIpc) is 3.49. The molecule has 0 saturated carbocycles. The van der Waals surface area contributed by atoms with Crippen molar-refractivity contribution in [3.63, 3.8) is 0 Å². The van der Waals surface area contributed by atoms with Gasteiger partial charge in [-0.25, -0.2) is 4.98 Å². The maximum absolute atomic E-state index is 6.08. The van der Waals surface area contributed by atoms with E-state index in [1.54, 1.807) is 7.11 Å². The Morgan fingerprint density at radius 1 is 0.805 bits per heavy atom. The molecule has 0 radical (unpaired) electrons. The van der Waals surface area contributed by atoms with E-state index in [9.17, 15) is 0 Å². The lowest BCUT2D eigenvalue weighted by atomic mass is 9.96. The first-order valence-corrected chi connectivity index (χ1v) is 13.9. The molecule has 1 fully saturated rings. The maximum atomic E-state index is 6.08. The number of methoxy groups -OCH3 is 1. The van der Waals surface area contributed by atoms with Crippen molar-refractivity contribution in [3.05, 3.63) is 126 Å². The van der Waals surface area contributed by atoms with Crippen LogP contribution in [0.3, 0.4) is 0 Å².